The van der Waals surface area contributed by atoms with Gasteiger partial charge in [-0.15, -0.1) is 0 Å². The summed E-state index contributed by atoms with van der Waals surface area (Å²) in [5.41, 5.74) is 1.43. The Balaban J connectivity index is 2.06. The molecule has 3 aromatic rings. The van der Waals surface area contributed by atoms with Crippen LogP contribution >= 0.6 is 44.1 Å². The fourth-order valence-corrected chi connectivity index (χ4v) is 2.98. The number of nitrogens with zero attached hydrogens (tertiary/aromatic N) is 3. The van der Waals surface area contributed by atoms with Crippen molar-refractivity contribution in [3.8, 4) is 17.1 Å². The molecular formula is C15H10Br2N4OS. The third kappa shape index (κ3) is 3.44. The van der Waals surface area contributed by atoms with Crippen LogP contribution in [0.5, 0.6) is 5.75 Å². The highest BCUT2D eigenvalue weighted by Crippen LogP contribution is 2.26. The van der Waals surface area contributed by atoms with Crippen LogP contribution in [-0.2, 0) is 0 Å². The highest BCUT2D eigenvalue weighted by atomic mass is 79.9. The highest BCUT2D eigenvalue weighted by molar-refractivity contribution is 9.10. The summed E-state index contributed by atoms with van der Waals surface area (Å²) in [5.74, 6) is 0.711. The molecular weight excluding hydrogens is 444 g/mol. The Bertz CT molecular complexity index is 949. The molecule has 0 saturated heterocycles. The number of H-pyrrole nitrogens is 1. The van der Waals surface area contributed by atoms with Gasteiger partial charge in [0, 0.05) is 20.1 Å². The second-order valence-electron chi connectivity index (χ2n) is 4.59. The molecule has 116 valence electrons. The molecule has 2 N–H and O–H groups in total. The van der Waals surface area contributed by atoms with E-state index in [9.17, 15) is 5.11 Å². The molecule has 0 aliphatic heterocycles. The zero-order valence-electron chi connectivity index (χ0n) is 11.6. The Morgan fingerprint density at radius 2 is 2.00 bits per heavy atom. The van der Waals surface area contributed by atoms with E-state index in [0.717, 1.165) is 14.5 Å². The van der Waals surface area contributed by atoms with Crippen LogP contribution in [0, 0.1) is 4.77 Å². The third-order valence-corrected chi connectivity index (χ3v) is 4.52. The van der Waals surface area contributed by atoms with Crippen molar-refractivity contribution in [3.63, 3.8) is 0 Å². The van der Waals surface area contributed by atoms with Gasteiger partial charge in [-0.3, -0.25) is 0 Å². The first-order valence-electron chi connectivity index (χ1n) is 6.51. The lowest BCUT2D eigenvalue weighted by Gasteiger charge is -2.04. The Morgan fingerprint density at radius 1 is 1.22 bits per heavy atom. The van der Waals surface area contributed by atoms with Gasteiger partial charge in [0.2, 0.25) is 4.77 Å². The molecule has 1 aromatic heterocycles. The number of nitrogens with one attached hydrogen (secondary N) is 1. The smallest absolute Gasteiger partial charge is 0.216 e. The second-order valence-corrected chi connectivity index (χ2v) is 6.75. The third-order valence-electron chi connectivity index (χ3n) is 3.07. The summed E-state index contributed by atoms with van der Waals surface area (Å²) < 4.78 is 3.60. The van der Waals surface area contributed by atoms with Gasteiger partial charge in [-0.25, -0.2) is 5.10 Å². The molecule has 8 heteroatoms. The summed E-state index contributed by atoms with van der Waals surface area (Å²) in [7, 11) is 0. The summed E-state index contributed by atoms with van der Waals surface area (Å²) >= 11 is 12.1. The van der Waals surface area contributed by atoms with E-state index >= 15 is 0 Å². The van der Waals surface area contributed by atoms with E-state index in [4.69, 9.17) is 12.2 Å². The van der Waals surface area contributed by atoms with Gasteiger partial charge in [-0.05, 0) is 42.5 Å². The first kappa shape index (κ1) is 16.1. The van der Waals surface area contributed by atoms with Gasteiger partial charge in [0.1, 0.15) is 5.75 Å². The number of benzene rings is 2. The fourth-order valence-electron chi connectivity index (χ4n) is 1.96. The molecule has 0 spiro atoms. The maximum atomic E-state index is 9.89. The summed E-state index contributed by atoms with van der Waals surface area (Å²) in [6.07, 6.45) is 1.53. The lowest BCUT2D eigenvalue weighted by molar-refractivity contribution is 0.474. The number of aromatic amines is 1. The molecule has 23 heavy (non-hydrogen) atoms. The van der Waals surface area contributed by atoms with E-state index in [2.05, 4.69) is 47.2 Å². The Kier molecular flexibility index (Phi) is 4.74. The number of aromatic nitrogens is 3. The zero-order valence-corrected chi connectivity index (χ0v) is 15.6. The minimum Gasteiger partial charge on any atom is -0.507 e. The van der Waals surface area contributed by atoms with E-state index in [-0.39, 0.29) is 5.75 Å². The van der Waals surface area contributed by atoms with Crippen LogP contribution in [0.25, 0.3) is 11.4 Å². The Morgan fingerprint density at radius 3 is 2.78 bits per heavy atom. The fraction of sp³-hybridized carbons (Fsp3) is 0. The van der Waals surface area contributed by atoms with Gasteiger partial charge in [0.25, 0.3) is 0 Å². The van der Waals surface area contributed by atoms with Crippen molar-refractivity contribution in [2.24, 2.45) is 5.10 Å². The Hall–Kier alpha value is -1.77. The normalized spacial score (nSPS) is 11.2. The highest BCUT2D eigenvalue weighted by Gasteiger charge is 2.11. The molecule has 0 aliphatic rings. The number of phenols is 1. The van der Waals surface area contributed by atoms with Crippen molar-refractivity contribution < 1.29 is 5.11 Å². The number of hydrogen-bond donors (Lipinski definition) is 2. The second kappa shape index (κ2) is 6.77. The van der Waals surface area contributed by atoms with Crippen molar-refractivity contribution in [1.29, 1.82) is 0 Å². The molecule has 2 aromatic carbocycles. The molecule has 1 heterocycles. The largest absolute Gasteiger partial charge is 0.507 e. The maximum absolute atomic E-state index is 9.89. The summed E-state index contributed by atoms with van der Waals surface area (Å²) in [5, 5.41) is 21.2. The SMILES string of the molecule is Oc1ccc(Br)cc1/C=N\n1c(-c2ccccc2Br)n[nH]c1=S. The monoisotopic (exact) mass is 452 g/mol. The van der Waals surface area contributed by atoms with E-state index in [1.807, 2.05) is 24.3 Å². The minimum atomic E-state index is 0.134. The maximum Gasteiger partial charge on any atom is 0.216 e. The average molecular weight is 454 g/mol. The van der Waals surface area contributed by atoms with Gasteiger partial charge >= 0.3 is 0 Å². The molecule has 5 nitrogen and oxygen atoms in total. The van der Waals surface area contributed by atoms with Gasteiger partial charge in [0.05, 0.1) is 6.21 Å². The number of halogens is 2. The van der Waals surface area contributed by atoms with Crippen LogP contribution in [0.15, 0.2) is 56.5 Å². The van der Waals surface area contributed by atoms with Crippen molar-refractivity contribution in [3.05, 3.63) is 61.7 Å². The summed E-state index contributed by atoms with van der Waals surface area (Å²) in [6.45, 7) is 0. The van der Waals surface area contributed by atoms with Crippen molar-refractivity contribution in [2.45, 2.75) is 0 Å². The van der Waals surface area contributed by atoms with E-state index in [1.165, 1.54) is 10.9 Å². The van der Waals surface area contributed by atoms with Crippen molar-refractivity contribution >= 4 is 50.3 Å². The predicted molar refractivity (Wildman–Crippen MR) is 99.3 cm³/mol. The predicted octanol–water partition coefficient (Wildman–Crippen LogP) is 4.72. The van der Waals surface area contributed by atoms with E-state index < -0.39 is 0 Å². The van der Waals surface area contributed by atoms with Gasteiger partial charge < -0.3 is 5.11 Å². The quantitative estimate of drug-likeness (QED) is 0.445. The van der Waals surface area contributed by atoms with Gasteiger partial charge in [-0.1, -0.05) is 44.0 Å². The van der Waals surface area contributed by atoms with Crippen molar-refractivity contribution in [1.82, 2.24) is 14.9 Å². The topological polar surface area (TPSA) is 66.2 Å². The molecule has 0 aliphatic carbocycles. The number of phenolic OH excluding ortho intramolecular Hbond substituents is 1. The molecule has 0 radical (unpaired) electrons. The zero-order chi connectivity index (χ0) is 16.4. The van der Waals surface area contributed by atoms with Crippen LogP contribution in [0.3, 0.4) is 0 Å². The van der Waals surface area contributed by atoms with Crippen molar-refractivity contribution in [2.75, 3.05) is 0 Å². The average Bonchev–Trinajstić information content (AvgIpc) is 2.89. The first-order chi connectivity index (χ1) is 11.1. The Labute approximate surface area is 153 Å². The minimum absolute atomic E-state index is 0.134. The molecule has 3 rings (SSSR count). The van der Waals surface area contributed by atoms with Crippen LogP contribution in [0.1, 0.15) is 5.56 Å². The molecule has 0 unspecified atom stereocenters. The van der Waals surface area contributed by atoms with E-state index in [0.29, 0.717) is 16.2 Å². The lowest BCUT2D eigenvalue weighted by Crippen LogP contribution is -1.96. The molecule has 0 fully saturated rings. The van der Waals surface area contributed by atoms with Crippen LogP contribution < -0.4 is 0 Å². The van der Waals surface area contributed by atoms with E-state index in [1.54, 1.807) is 18.2 Å². The molecule has 0 amide bonds. The molecule has 0 atom stereocenters. The number of rotatable bonds is 3. The number of hydrogen-bond acceptors (Lipinski definition) is 4. The lowest BCUT2D eigenvalue weighted by atomic mass is 10.2. The van der Waals surface area contributed by atoms with Crippen LogP contribution in [-0.4, -0.2) is 26.2 Å². The van der Waals surface area contributed by atoms with Gasteiger partial charge in [0.15, 0.2) is 5.82 Å². The molecule has 0 saturated carbocycles. The summed E-state index contributed by atoms with van der Waals surface area (Å²) in [4.78, 5) is 0. The first-order valence-corrected chi connectivity index (χ1v) is 8.51. The van der Waals surface area contributed by atoms with Crippen LogP contribution in [0.2, 0.25) is 0 Å². The van der Waals surface area contributed by atoms with Gasteiger partial charge in [-0.2, -0.15) is 14.9 Å². The molecule has 0 bridgehead atoms. The number of aromatic hydroxyl groups is 1. The van der Waals surface area contributed by atoms with Crippen LogP contribution in [0.4, 0.5) is 0 Å². The summed E-state index contributed by atoms with van der Waals surface area (Å²) in [6, 6.07) is 12.8. The standard InChI is InChI=1S/C15H10Br2N4OS/c16-10-5-6-13(22)9(7-10)8-18-21-14(19-20-15(21)23)11-3-1-2-4-12(11)17/h1-8,22H,(H,20,23)/b18-8-.